The lowest BCUT2D eigenvalue weighted by molar-refractivity contribution is 0.0955. The third-order valence-electron chi connectivity index (χ3n) is 3.27. The third-order valence-corrected chi connectivity index (χ3v) is 3.55. The molecule has 5 nitrogen and oxygen atoms in total. The van der Waals surface area contributed by atoms with Crippen LogP contribution in [0.15, 0.2) is 41.5 Å². The molecule has 0 aliphatic carbocycles. The quantitative estimate of drug-likeness (QED) is 0.546. The lowest BCUT2D eigenvalue weighted by atomic mass is 10.2. The molecule has 26 heavy (non-hydrogen) atoms. The minimum atomic E-state index is -0.444. The summed E-state index contributed by atoms with van der Waals surface area (Å²) in [7, 11) is 0. The largest absolute Gasteiger partial charge is 0.490 e. The summed E-state index contributed by atoms with van der Waals surface area (Å²) in [6.07, 6.45) is 2.29. The van der Waals surface area contributed by atoms with Gasteiger partial charge in [-0.1, -0.05) is 18.5 Å². The Balaban J connectivity index is 2.11. The van der Waals surface area contributed by atoms with Crippen molar-refractivity contribution >= 4 is 23.7 Å². The van der Waals surface area contributed by atoms with Crippen LogP contribution in [0.1, 0.15) is 36.2 Å². The fourth-order valence-electron chi connectivity index (χ4n) is 2.10. The first kappa shape index (κ1) is 19.7. The Morgan fingerprint density at radius 3 is 2.62 bits per heavy atom. The Kier molecular flexibility index (Phi) is 7.41. The van der Waals surface area contributed by atoms with Crippen LogP contribution in [0.2, 0.25) is 5.02 Å². The average molecular weight is 379 g/mol. The SMILES string of the molecule is CCCOc1c(Cl)cc(/C=N\NC(=O)c2ccc(F)cc2)cc1OCC. The van der Waals surface area contributed by atoms with Crippen molar-refractivity contribution in [1.29, 1.82) is 0 Å². The first-order valence-corrected chi connectivity index (χ1v) is 8.61. The Morgan fingerprint density at radius 1 is 1.23 bits per heavy atom. The van der Waals surface area contributed by atoms with Crippen LogP contribution in [0.5, 0.6) is 11.5 Å². The van der Waals surface area contributed by atoms with Gasteiger partial charge in [0, 0.05) is 5.56 Å². The molecule has 0 spiro atoms. The van der Waals surface area contributed by atoms with E-state index in [0.717, 1.165) is 6.42 Å². The molecule has 1 amide bonds. The summed E-state index contributed by atoms with van der Waals surface area (Å²) in [6, 6.07) is 8.58. The van der Waals surface area contributed by atoms with E-state index in [0.29, 0.717) is 40.9 Å². The van der Waals surface area contributed by atoms with E-state index in [-0.39, 0.29) is 0 Å². The monoisotopic (exact) mass is 378 g/mol. The lowest BCUT2D eigenvalue weighted by Gasteiger charge is -2.13. The van der Waals surface area contributed by atoms with Crippen molar-refractivity contribution in [3.63, 3.8) is 0 Å². The number of hydrazone groups is 1. The summed E-state index contributed by atoms with van der Waals surface area (Å²) >= 11 is 6.27. The molecule has 0 aromatic heterocycles. The van der Waals surface area contributed by atoms with Gasteiger partial charge in [0.1, 0.15) is 5.82 Å². The number of nitrogens with one attached hydrogen (secondary N) is 1. The molecular formula is C19H20ClFN2O3. The number of amides is 1. The maximum Gasteiger partial charge on any atom is 0.271 e. The Labute approximate surface area is 156 Å². The van der Waals surface area contributed by atoms with Crippen LogP contribution >= 0.6 is 11.6 Å². The number of hydrogen-bond donors (Lipinski definition) is 1. The van der Waals surface area contributed by atoms with E-state index < -0.39 is 11.7 Å². The van der Waals surface area contributed by atoms with Crippen molar-refractivity contribution in [3.05, 3.63) is 58.4 Å². The molecular weight excluding hydrogens is 359 g/mol. The number of halogens is 2. The molecule has 138 valence electrons. The van der Waals surface area contributed by atoms with Crippen LogP contribution in [-0.2, 0) is 0 Å². The fraction of sp³-hybridized carbons (Fsp3) is 0.263. The molecule has 0 radical (unpaired) electrons. The molecule has 0 aliphatic rings. The van der Waals surface area contributed by atoms with Gasteiger partial charge in [-0.05, 0) is 55.3 Å². The second-order valence-electron chi connectivity index (χ2n) is 5.32. The van der Waals surface area contributed by atoms with E-state index in [1.807, 2.05) is 13.8 Å². The number of carbonyl (C=O) groups is 1. The molecule has 1 N–H and O–H groups in total. The standard InChI is InChI=1S/C19H20ClFN2O3/c1-3-9-26-18-16(20)10-13(11-17(18)25-4-2)12-22-23-19(24)14-5-7-15(21)8-6-14/h5-8,10-12H,3-4,9H2,1-2H3,(H,23,24)/b22-12-. The smallest absolute Gasteiger partial charge is 0.271 e. The van der Waals surface area contributed by atoms with Crippen LogP contribution in [-0.4, -0.2) is 25.3 Å². The van der Waals surface area contributed by atoms with Crippen LogP contribution < -0.4 is 14.9 Å². The number of benzene rings is 2. The molecule has 0 saturated carbocycles. The molecule has 0 bridgehead atoms. The minimum Gasteiger partial charge on any atom is -0.490 e. The molecule has 0 atom stereocenters. The maximum atomic E-state index is 12.9. The van der Waals surface area contributed by atoms with Crippen molar-refractivity contribution < 1.29 is 18.7 Å². The van der Waals surface area contributed by atoms with Crippen LogP contribution in [0.4, 0.5) is 4.39 Å². The van der Waals surface area contributed by atoms with Gasteiger partial charge in [-0.15, -0.1) is 0 Å². The van der Waals surface area contributed by atoms with Gasteiger partial charge < -0.3 is 9.47 Å². The van der Waals surface area contributed by atoms with Crippen molar-refractivity contribution in [2.24, 2.45) is 5.10 Å². The van der Waals surface area contributed by atoms with Crippen molar-refractivity contribution in [2.45, 2.75) is 20.3 Å². The van der Waals surface area contributed by atoms with Gasteiger partial charge in [-0.2, -0.15) is 5.10 Å². The molecule has 2 aromatic rings. The number of rotatable bonds is 8. The zero-order chi connectivity index (χ0) is 18.9. The zero-order valence-corrected chi connectivity index (χ0v) is 15.3. The molecule has 0 heterocycles. The van der Waals surface area contributed by atoms with Gasteiger partial charge in [0.25, 0.3) is 5.91 Å². The zero-order valence-electron chi connectivity index (χ0n) is 14.6. The van der Waals surface area contributed by atoms with E-state index in [9.17, 15) is 9.18 Å². The van der Waals surface area contributed by atoms with Gasteiger partial charge in [0.05, 0.1) is 24.5 Å². The summed E-state index contributed by atoms with van der Waals surface area (Å²) in [5.74, 6) is 0.149. The molecule has 0 unspecified atom stereocenters. The molecule has 2 aromatic carbocycles. The van der Waals surface area contributed by atoms with Crippen LogP contribution in [0.25, 0.3) is 0 Å². The van der Waals surface area contributed by atoms with E-state index in [1.54, 1.807) is 12.1 Å². The third kappa shape index (κ3) is 5.46. The van der Waals surface area contributed by atoms with E-state index in [4.69, 9.17) is 21.1 Å². The first-order chi connectivity index (χ1) is 12.5. The number of ether oxygens (including phenoxy) is 2. The van der Waals surface area contributed by atoms with E-state index >= 15 is 0 Å². The maximum absolute atomic E-state index is 12.9. The van der Waals surface area contributed by atoms with Gasteiger partial charge in [-0.3, -0.25) is 4.79 Å². The second kappa shape index (κ2) is 9.77. The highest BCUT2D eigenvalue weighted by Gasteiger charge is 2.12. The normalized spacial score (nSPS) is 10.8. The topological polar surface area (TPSA) is 59.9 Å². The van der Waals surface area contributed by atoms with Gasteiger partial charge in [0.15, 0.2) is 11.5 Å². The highest BCUT2D eigenvalue weighted by Crippen LogP contribution is 2.36. The summed E-state index contributed by atoms with van der Waals surface area (Å²) in [5, 5.41) is 4.30. The van der Waals surface area contributed by atoms with Crippen molar-refractivity contribution in [3.8, 4) is 11.5 Å². The van der Waals surface area contributed by atoms with Gasteiger partial charge in [0.2, 0.25) is 0 Å². The molecule has 0 fully saturated rings. The molecule has 7 heteroatoms. The summed E-state index contributed by atoms with van der Waals surface area (Å²) in [4.78, 5) is 11.9. The predicted molar refractivity (Wildman–Crippen MR) is 99.9 cm³/mol. The number of carbonyl (C=O) groups excluding carboxylic acids is 1. The average Bonchev–Trinajstić information content (AvgIpc) is 2.62. The van der Waals surface area contributed by atoms with E-state index in [1.165, 1.54) is 30.5 Å². The summed E-state index contributed by atoms with van der Waals surface area (Å²) in [6.45, 7) is 4.85. The Bertz CT molecular complexity index is 779. The van der Waals surface area contributed by atoms with Crippen molar-refractivity contribution in [1.82, 2.24) is 5.43 Å². The molecule has 0 saturated heterocycles. The van der Waals surface area contributed by atoms with Gasteiger partial charge in [-0.25, -0.2) is 9.82 Å². The summed E-state index contributed by atoms with van der Waals surface area (Å²) < 4.78 is 24.1. The molecule has 0 aliphatic heterocycles. The van der Waals surface area contributed by atoms with Gasteiger partial charge >= 0.3 is 0 Å². The van der Waals surface area contributed by atoms with Crippen LogP contribution in [0.3, 0.4) is 0 Å². The van der Waals surface area contributed by atoms with E-state index in [2.05, 4.69) is 10.5 Å². The number of hydrogen-bond acceptors (Lipinski definition) is 4. The number of nitrogens with zero attached hydrogens (tertiary/aromatic N) is 1. The van der Waals surface area contributed by atoms with Crippen molar-refractivity contribution in [2.75, 3.05) is 13.2 Å². The minimum absolute atomic E-state index is 0.305. The summed E-state index contributed by atoms with van der Waals surface area (Å²) in [5.41, 5.74) is 3.33. The highest BCUT2D eigenvalue weighted by molar-refractivity contribution is 6.32. The fourth-order valence-corrected chi connectivity index (χ4v) is 2.37. The first-order valence-electron chi connectivity index (χ1n) is 8.23. The molecule has 2 rings (SSSR count). The Morgan fingerprint density at radius 2 is 1.96 bits per heavy atom. The predicted octanol–water partition coefficient (Wildman–Crippen LogP) is 4.43. The highest BCUT2D eigenvalue weighted by atomic mass is 35.5. The lowest BCUT2D eigenvalue weighted by Crippen LogP contribution is -2.17. The second-order valence-corrected chi connectivity index (χ2v) is 5.72. The van der Waals surface area contributed by atoms with Crippen LogP contribution in [0, 0.1) is 5.82 Å². The Hall–Kier alpha value is -2.60.